The van der Waals surface area contributed by atoms with E-state index >= 15 is 0 Å². The van der Waals surface area contributed by atoms with Gasteiger partial charge in [-0.25, -0.2) is 0 Å². The molecule has 2 heterocycles. The zero-order valence-corrected chi connectivity index (χ0v) is 11.2. The molecule has 2 rings (SSSR count). The number of carbonyl (C=O) groups excluding carboxylic acids is 1. The Morgan fingerprint density at radius 2 is 2.17 bits per heavy atom. The summed E-state index contributed by atoms with van der Waals surface area (Å²) in [4.78, 5) is 14.2. The highest BCUT2D eigenvalue weighted by Gasteiger charge is 2.23. The van der Waals surface area contributed by atoms with E-state index in [1.54, 1.807) is 0 Å². The molecule has 2 aliphatic rings. The molecule has 2 saturated heterocycles. The Balaban J connectivity index is 1.61. The van der Waals surface area contributed by atoms with E-state index in [4.69, 9.17) is 9.47 Å². The van der Waals surface area contributed by atoms with Gasteiger partial charge in [-0.1, -0.05) is 6.92 Å². The Bertz CT molecular complexity index is 261. The number of hydrogen-bond donors (Lipinski definition) is 1. The minimum Gasteiger partial charge on any atom is -0.379 e. The summed E-state index contributed by atoms with van der Waals surface area (Å²) in [5.74, 6) is 0.523. The number of hydrogen-bond acceptors (Lipinski definition) is 4. The molecule has 2 atom stereocenters. The molecule has 104 valence electrons. The highest BCUT2D eigenvalue weighted by atomic mass is 16.5. The number of carbonyl (C=O) groups is 1. The second-order valence-corrected chi connectivity index (χ2v) is 5.26. The highest BCUT2D eigenvalue weighted by Crippen LogP contribution is 2.12. The lowest BCUT2D eigenvalue weighted by Crippen LogP contribution is -2.43. The van der Waals surface area contributed by atoms with Crippen LogP contribution in [0, 0.1) is 5.92 Å². The number of morpholine rings is 1. The first-order chi connectivity index (χ1) is 8.75. The number of nitrogens with zero attached hydrogens (tertiary/aromatic N) is 1. The van der Waals surface area contributed by atoms with E-state index in [1.165, 1.54) is 0 Å². The Labute approximate surface area is 109 Å². The fraction of sp³-hybridized carbons (Fsp3) is 0.923. The first kappa shape index (κ1) is 13.8. The Morgan fingerprint density at radius 3 is 2.83 bits per heavy atom. The third-order valence-corrected chi connectivity index (χ3v) is 3.52. The van der Waals surface area contributed by atoms with Crippen molar-refractivity contribution in [3.05, 3.63) is 0 Å². The van der Waals surface area contributed by atoms with Gasteiger partial charge in [0.25, 0.3) is 0 Å². The summed E-state index contributed by atoms with van der Waals surface area (Å²) in [7, 11) is 0. The van der Waals surface area contributed by atoms with Crippen molar-refractivity contribution in [2.24, 2.45) is 5.92 Å². The predicted octanol–water partition coefficient (Wildman–Crippen LogP) is 0.250. The molecule has 2 unspecified atom stereocenters. The third-order valence-electron chi connectivity index (χ3n) is 3.52. The fourth-order valence-electron chi connectivity index (χ4n) is 2.46. The standard InChI is InChI=1S/C13H24N2O3/c1-11(10-15-4-7-17-8-5-15)9-14-13(16)12-3-2-6-18-12/h11-12H,2-10H2,1H3,(H,14,16). The van der Waals surface area contributed by atoms with Crippen molar-refractivity contribution in [2.45, 2.75) is 25.9 Å². The average molecular weight is 256 g/mol. The summed E-state index contributed by atoms with van der Waals surface area (Å²) in [6.45, 7) is 8.32. The Hall–Kier alpha value is -0.650. The van der Waals surface area contributed by atoms with Gasteiger partial charge in [0.1, 0.15) is 6.10 Å². The molecule has 2 fully saturated rings. The van der Waals surface area contributed by atoms with E-state index in [9.17, 15) is 4.79 Å². The zero-order chi connectivity index (χ0) is 12.8. The molecule has 18 heavy (non-hydrogen) atoms. The largest absolute Gasteiger partial charge is 0.379 e. The fourth-order valence-corrected chi connectivity index (χ4v) is 2.46. The monoisotopic (exact) mass is 256 g/mol. The zero-order valence-electron chi connectivity index (χ0n) is 11.2. The smallest absolute Gasteiger partial charge is 0.249 e. The molecule has 0 aromatic heterocycles. The van der Waals surface area contributed by atoms with Crippen molar-refractivity contribution < 1.29 is 14.3 Å². The molecule has 1 amide bonds. The first-order valence-electron chi connectivity index (χ1n) is 6.95. The van der Waals surface area contributed by atoms with Gasteiger partial charge in [-0.3, -0.25) is 9.69 Å². The van der Waals surface area contributed by atoms with Gasteiger partial charge in [0.05, 0.1) is 13.2 Å². The van der Waals surface area contributed by atoms with Crippen LogP contribution in [0.4, 0.5) is 0 Å². The first-order valence-corrected chi connectivity index (χ1v) is 6.95. The summed E-state index contributed by atoms with van der Waals surface area (Å²) in [6.07, 6.45) is 1.66. The van der Waals surface area contributed by atoms with Gasteiger partial charge in [-0.2, -0.15) is 0 Å². The van der Waals surface area contributed by atoms with Gasteiger partial charge in [0.2, 0.25) is 5.91 Å². The molecule has 0 saturated carbocycles. The van der Waals surface area contributed by atoms with Gasteiger partial charge in [0, 0.05) is 32.8 Å². The molecule has 0 radical (unpaired) electrons. The lowest BCUT2D eigenvalue weighted by molar-refractivity contribution is -0.130. The van der Waals surface area contributed by atoms with Crippen LogP contribution in [0.5, 0.6) is 0 Å². The predicted molar refractivity (Wildman–Crippen MR) is 68.4 cm³/mol. The lowest BCUT2D eigenvalue weighted by Gasteiger charge is -2.29. The van der Waals surface area contributed by atoms with Gasteiger partial charge < -0.3 is 14.8 Å². The topological polar surface area (TPSA) is 50.8 Å². The van der Waals surface area contributed by atoms with Crippen LogP contribution in [0.15, 0.2) is 0 Å². The minimum absolute atomic E-state index is 0.0568. The van der Waals surface area contributed by atoms with E-state index in [-0.39, 0.29) is 12.0 Å². The van der Waals surface area contributed by atoms with Crippen LogP contribution in [0.2, 0.25) is 0 Å². The van der Waals surface area contributed by atoms with Gasteiger partial charge in [-0.05, 0) is 18.8 Å². The summed E-state index contributed by atoms with van der Waals surface area (Å²) in [6, 6.07) is 0. The molecule has 5 heteroatoms. The average Bonchev–Trinajstić information content (AvgIpc) is 2.91. The molecule has 0 aromatic rings. The number of amides is 1. The molecule has 0 bridgehead atoms. The molecule has 0 aliphatic carbocycles. The van der Waals surface area contributed by atoms with Crippen molar-refractivity contribution in [2.75, 3.05) is 46.0 Å². The van der Waals surface area contributed by atoms with Crippen LogP contribution in [-0.2, 0) is 14.3 Å². The number of nitrogens with one attached hydrogen (secondary N) is 1. The second kappa shape index (κ2) is 7.07. The molecule has 2 aliphatic heterocycles. The van der Waals surface area contributed by atoms with Crippen LogP contribution in [-0.4, -0.2) is 62.9 Å². The number of rotatable bonds is 5. The summed E-state index contributed by atoms with van der Waals surface area (Å²) < 4.78 is 10.7. The van der Waals surface area contributed by atoms with Crippen LogP contribution >= 0.6 is 0 Å². The normalized spacial score (nSPS) is 27.1. The molecular formula is C13H24N2O3. The van der Waals surface area contributed by atoms with E-state index in [2.05, 4.69) is 17.1 Å². The molecule has 1 N–H and O–H groups in total. The summed E-state index contributed by atoms with van der Waals surface area (Å²) >= 11 is 0. The van der Waals surface area contributed by atoms with Crippen molar-refractivity contribution in [1.29, 1.82) is 0 Å². The highest BCUT2D eigenvalue weighted by molar-refractivity contribution is 5.80. The van der Waals surface area contributed by atoms with Crippen molar-refractivity contribution >= 4 is 5.91 Å². The molecule has 5 nitrogen and oxygen atoms in total. The SMILES string of the molecule is CC(CNC(=O)C1CCCO1)CN1CCOCC1. The van der Waals surface area contributed by atoms with Crippen molar-refractivity contribution in [3.8, 4) is 0 Å². The Morgan fingerprint density at radius 1 is 1.39 bits per heavy atom. The number of ether oxygens (including phenoxy) is 2. The van der Waals surface area contributed by atoms with Gasteiger partial charge in [0.15, 0.2) is 0 Å². The third kappa shape index (κ3) is 4.23. The van der Waals surface area contributed by atoms with Crippen molar-refractivity contribution in [1.82, 2.24) is 10.2 Å². The van der Waals surface area contributed by atoms with Crippen LogP contribution in [0.1, 0.15) is 19.8 Å². The lowest BCUT2D eigenvalue weighted by atomic mass is 10.1. The molecule has 0 aromatic carbocycles. The quantitative estimate of drug-likeness (QED) is 0.766. The molecular weight excluding hydrogens is 232 g/mol. The minimum atomic E-state index is -0.208. The van der Waals surface area contributed by atoms with Crippen LogP contribution in [0.3, 0.4) is 0 Å². The summed E-state index contributed by atoms with van der Waals surface area (Å²) in [5.41, 5.74) is 0. The van der Waals surface area contributed by atoms with E-state index < -0.39 is 0 Å². The maximum atomic E-state index is 11.8. The van der Waals surface area contributed by atoms with E-state index in [0.717, 1.165) is 58.8 Å². The Kier molecular flexibility index (Phi) is 5.41. The maximum Gasteiger partial charge on any atom is 0.249 e. The van der Waals surface area contributed by atoms with E-state index in [0.29, 0.717) is 5.92 Å². The molecule has 0 spiro atoms. The van der Waals surface area contributed by atoms with Crippen molar-refractivity contribution in [3.63, 3.8) is 0 Å². The summed E-state index contributed by atoms with van der Waals surface area (Å²) in [5, 5.41) is 2.99. The van der Waals surface area contributed by atoms with E-state index in [1.807, 2.05) is 0 Å². The van der Waals surface area contributed by atoms with Crippen LogP contribution in [0.25, 0.3) is 0 Å². The van der Waals surface area contributed by atoms with Gasteiger partial charge in [-0.15, -0.1) is 0 Å². The second-order valence-electron chi connectivity index (χ2n) is 5.26. The van der Waals surface area contributed by atoms with Crippen LogP contribution < -0.4 is 5.32 Å². The van der Waals surface area contributed by atoms with Gasteiger partial charge >= 0.3 is 0 Å². The maximum absolute atomic E-state index is 11.8.